The molecule has 1 aliphatic carbocycles. The lowest BCUT2D eigenvalue weighted by atomic mass is 10.1. The number of aromatic nitrogens is 4. The van der Waals surface area contributed by atoms with Gasteiger partial charge in [0, 0.05) is 25.4 Å². The fourth-order valence-electron chi connectivity index (χ4n) is 3.97. The monoisotopic (exact) mass is 349 g/mol. The van der Waals surface area contributed by atoms with Gasteiger partial charge in [0.25, 0.3) is 5.91 Å². The molecule has 0 spiro atoms. The highest BCUT2D eigenvalue weighted by Crippen LogP contribution is 2.35. The maximum atomic E-state index is 13.0. The van der Waals surface area contributed by atoms with Crippen LogP contribution in [-0.4, -0.2) is 37.8 Å². The Hall–Kier alpha value is -2.89. The van der Waals surface area contributed by atoms with Crippen molar-refractivity contribution in [2.75, 3.05) is 7.05 Å². The van der Waals surface area contributed by atoms with Gasteiger partial charge in [0.1, 0.15) is 5.69 Å². The third-order valence-electron chi connectivity index (χ3n) is 5.46. The predicted octanol–water partition coefficient (Wildman–Crippen LogP) is 3.19. The van der Waals surface area contributed by atoms with Crippen LogP contribution in [0.5, 0.6) is 0 Å². The molecule has 4 rings (SSSR count). The number of aromatic amines is 1. The van der Waals surface area contributed by atoms with Gasteiger partial charge < -0.3 is 4.90 Å². The summed E-state index contributed by atoms with van der Waals surface area (Å²) in [5, 5.41) is 11.7. The average Bonchev–Trinajstić information content (AvgIpc) is 3.32. The summed E-state index contributed by atoms with van der Waals surface area (Å²) in [6.07, 6.45) is 1.98. The van der Waals surface area contributed by atoms with E-state index in [0.717, 1.165) is 35.5 Å². The van der Waals surface area contributed by atoms with E-state index in [1.165, 1.54) is 11.1 Å². The first-order chi connectivity index (χ1) is 12.5. The van der Waals surface area contributed by atoms with E-state index in [1.807, 2.05) is 49.7 Å². The van der Waals surface area contributed by atoms with E-state index in [1.54, 1.807) is 0 Å². The average molecular weight is 349 g/mol. The van der Waals surface area contributed by atoms with Crippen LogP contribution in [0.1, 0.15) is 45.5 Å². The van der Waals surface area contributed by atoms with Crippen LogP contribution < -0.4 is 0 Å². The molecule has 0 bridgehead atoms. The van der Waals surface area contributed by atoms with E-state index >= 15 is 0 Å². The summed E-state index contributed by atoms with van der Waals surface area (Å²) in [5.74, 6) is -0.0374. The van der Waals surface area contributed by atoms with E-state index in [9.17, 15) is 4.79 Å². The van der Waals surface area contributed by atoms with Gasteiger partial charge in [0.05, 0.1) is 17.4 Å². The van der Waals surface area contributed by atoms with Crippen molar-refractivity contribution in [3.63, 3.8) is 0 Å². The number of hydrogen-bond donors (Lipinski definition) is 1. The van der Waals surface area contributed by atoms with Gasteiger partial charge in [-0.1, -0.05) is 24.3 Å². The molecule has 0 saturated heterocycles. The molecule has 0 radical (unpaired) electrons. The van der Waals surface area contributed by atoms with Crippen molar-refractivity contribution in [3.05, 3.63) is 58.5 Å². The van der Waals surface area contributed by atoms with Crippen LogP contribution >= 0.6 is 0 Å². The van der Waals surface area contributed by atoms with Crippen LogP contribution in [0.4, 0.5) is 0 Å². The fourth-order valence-corrected chi connectivity index (χ4v) is 3.97. The molecule has 26 heavy (non-hydrogen) atoms. The Bertz CT molecular complexity index is 984. The van der Waals surface area contributed by atoms with Crippen LogP contribution in [0.15, 0.2) is 30.3 Å². The Balaban J connectivity index is 1.61. The molecule has 6 heteroatoms. The smallest absolute Gasteiger partial charge is 0.272 e. The number of carbonyl (C=O) groups is 1. The van der Waals surface area contributed by atoms with Crippen molar-refractivity contribution in [2.24, 2.45) is 7.05 Å². The Kier molecular flexibility index (Phi) is 3.90. The van der Waals surface area contributed by atoms with Crippen molar-refractivity contribution in [1.29, 1.82) is 0 Å². The molecule has 0 fully saturated rings. The number of rotatable bonds is 3. The zero-order chi connectivity index (χ0) is 18.4. The fraction of sp³-hybridized carbons (Fsp3) is 0.350. The zero-order valence-corrected chi connectivity index (χ0v) is 15.6. The molecule has 2 heterocycles. The Morgan fingerprint density at radius 1 is 1.31 bits per heavy atom. The van der Waals surface area contributed by atoms with Crippen LogP contribution in [0.25, 0.3) is 11.3 Å². The van der Waals surface area contributed by atoms with E-state index in [0.29, 0.717) is 5.69 Å². The summed E-state index contributed by atoms with van der Waals surface area (Å²) < 4.78 is 1.84. The van der Waals surface area contributed by atoms with Crippen LogP contribution in [0, 0.1) is 13.8 Å². The number of amides is 1. The predicted molar refractivity (Wildman–Crippen MR) is 99.9 cm³/mol. The minimum atomic E-state index is -0.0374. The van der Waals surface area contributed by atoms with Gasteiger partial charge in [0.15, 0.2) is 0 Å². The molecule has 3 aromatic rings. The van der Waals surface area contributed by atoms with Crippen molar-refractivity contribution >= 4 is 5.91 Å². The first-order valence-corrected chi connectivity index (χ1v) is 8.88. The van der Waals surface area contributed by atoms with Gasteiger partial charge in [-0.3, -0.25) is 14.6 Å². The third-order valence-corrected chi connectivity index (χ3v) is 5.46. The zero-order valence-electron chi connectivity index (χ0n) is 15.6. The van der Waals surface area contributed by atoms with Gasteiger partial charge in [-0.05, 0) is 43.9 Å². The van der Waals surface area contributed by atoms with Crippen molar-refractivity contribution in [2.45, 2.75) is 32.7 Å². The number of carbonyl (C=O) groups excluding carboxylic acids is 1. The lowest BCUT2D eigenvalue weighted by molar-refractivity contribution is 0.0724. The number of nitrogens with one attached hydrogen (secondary N) is 1. The van der Waals surface area contributed by atoms with Crippen molar-refractivity contribution in [1.82, 2.24) is 24.9 Å². The summed E-state index contributed by atoms with van der Waals surface area (Å²) in [4.78, 5) is 14.8. The first-order valence-electron chi connectivity index (χ1n) is 8.88. The molecule has 1 atom stereocenters. The van der Waals surface area contributed by atoms with E-state index < -0.39 is 0 Å². The molecule has 1 unspecified atom stereocenters. The molecule has 1 aromatic carbocycles. The number of benzene rings is 1. The molecule has 1 aliphatic rings. The van der Waals surface area contributed by atoms with Crippen molar-refractivity contribution < 1.29 is 4.79 Å². The second-order valence-electron chi connectivity index (χ2n) is 7.01. The topological polar surface area (TPSA) is 66.8 Å². The highest BCUT2D eigenvalue weighted by Gasteiger charge is 2.29. The highest BCUT2D eigenvalue weighted by atomic mass is 16.2. The molecular formula is C20H23N5O. The standard InChI is InChI=1S/C20H23N5O/c1-12-19(13(2)25(4)23-12)16-11-17(22-21-16)20(26)24(3)18-10-9-14-7-5-6-8-15(14)18/h5-8,11,18H,9-10H2,1-4H3,(H,21,22). The number of H-pyrrole nitrogens is 1. The maximum Gasteiger partial charge on any atom is 0.272 e. The second kappa shape index (κ2) is 6.12. The quantitative estimate of drug-likeness (QED) is 0.790. The first kappa shape index (κ1) is 16.6. The maximum absolute atomic E-state index is 13.0. The lowest BCUT2D eigenvalue weighted by Gasteiger charge is -2.24. The summed E-state index contributed by atoms with van der Waals surface area (Å²) in [6.45, 7) is 3.97. The van der Waals surface area contributed by atoms with Gasteiger partial charge in [-0.2, -0.15) is 10.2 Å². The normalized spacial score (nSPS) is 15.9. The number of nitrogens with zero attached hydrogens (tertiary/aromatic N) is 4. The summed E-state index contributed by atoms with van der Waals surface area (Å²) >= 11 is 0. The Morgan fingerprint density at radius 2 is 2.08 bits per heavy atom. The minimum Gasteiger partial charge on any atom is -0.333 e. The Labute approximate surface area is 152 Å². The third kappa shape index (κ3) is 2.53. The summed E-state index contributed by atoms with van der Waals surface area (Å²) in [7, 11) is 3.78. The second-order valence-corrected chi connectivity index (χ2v) is 7.01. The lowest BCUT2D eigenvalue weighted by Crippen LogP contribution is -2.30. The molecule has 1 amide bonds. The molecule has 6 nitrogen and oxygen atoms in total. The van der Waals surface area contributed by atoms with Crippen LogP contribution in [-0.2, 0) is 13.5 Å². The van der Waals surface area contributed by atoms with Gasteiger partial charge in [0.2, 0.25) is 0 Å². The van der Waals surface area contributed by atoms with E-state index in [2.05, 4.69) is 33.5 Å². The largest absolute Gasteiger partial charge is 0.333 e. The minimum absolute atomic E-state index is 0.0374. The van der Waals surface area contributed by atoms with Gasteiger partial charge in [-0.25, -0.2) is 0 Å². The number of fused-ring (bicyclic) bond motifs is 1. The molecular weight excluding hydrogens is 326 g/mol. The van der Waals surface area contributed by atoms with E-state index in [-0.39, 0.29) is 11.9 Å². The van der Waals surface area contributed by atoms with E-state index in [4.69, 9.17) is 0 Å². The van der Waals surface area contributed by atoms with Gasteiger partial charge in [-0.15, -0.1) is 0 Å². The van der Waals surface area contributed by atoms with Crippen LogP contribution in [0.3, 0.4) is 0 Å². The molecule has 1 N–H and O–H groups in total. The highest BCUT2D eigenvalue weighted by molar-refractivity contribution is 5.93. The Morgan fingerprint density at radius 3 is 2.81 bits per heavy atom. The molecule has 0 aliphatic heterocycles. The molecule has 134 valence electrons. The van der Waals surface area contributed by atoms with Gasteiger partial charge >= 0.3 is 0 Å². The number of hydrogen-bond acceptors (Lipinski definition) is 3. The summed E-state index contributed by atoms with van der Waals surface area (Å²) in [6, 6.07) is 10.3. The summed E-state index contributed by atoms with van der Waals surface area (Å²) in [5.41, 5.74) is 6.79. The van der Waals surface area contributed by atoms with Crippen molar-refractivity contribution in [3.8, 4) is 11.3 Å². The number of aryl methyl sites for hydroxylation is 3. The SMILES string of the molecule is Cc1nn(C)c(C)c1-c1cc(C(=O)N(C)C2CCc3ccccc32)[nH]n1. The molecule has 2 aromatic heterocycles. The molecule has 0 saturated carbocycles. The van der Waals surface area contributed by atoms with Crippen LogP contribution in [0.2, 0.25) is 0 Å².